The standard InChI is InChI=1S/C21H15F2N5OS/c22-15-10-16(23)12-17(11-15)25-19(29)13-30-21-27-26-20(14-6-8-24-9-7-14)28(21)18-4-2-1-3-5-18/h1-12H,13H2,(H,25,29). The Balaban J connectivity index is 1.57. The number of hydrogen-bond donors (Lipinski definition) is 1. The van der Waals surface area contributed by atoms with E-state index in [1.807, 2.05) is 47.0 Å². The van der Waals surface area contributed by atoms with Crippen molar-refractivity contribution in [3.8, 4) is 17.1 Å². The molecule has 6 nitrogen and oxygen atoms in total. The number of nitrogens with one attached hydrogen (secondary N) is 1. The number of thioether (sulfide) groups is 1. The van der Waals surface area contributed by atoms with E-state index >= 15 is 0 Å². The van der Waals surface area contributed by atoms with E-state index in [4.69, 9.17) is 0 Å². The number of carbonyl (C=O) groups excluding carboxylic acids is 1. The lowest BCUT2D eigenvalue weighted by Gasteiger charge is -2.10. The van der Waals surface area contributed by atoms with Crippen LogP contribution in [-0.2, 0) is 4.79 Å². The van der Waals surface area contributed by atoms with Gasteiger partial charge in [0.15, 0.2) is 11.0 Å². The van der Waals surface area contributed by atoms with Crippen molar-refractivity contribution in [1.29, 1.82) is 0 Å². The first-order chi connectivity index (χ1) is 14.6. The third kappa shape index (κ3) is 4.52. The molecule has 150 valence electrons. The number of halogens is 2. The van der Waals surface area contributed by atoms with Crippen LogP contribution in [0.15, 0.2) is 78.2 Å². The van der Waals surface area contributed by atoms with Crippen LogP contribution in [0.5, 0.6) is 0 Å². The average molecular weight is 423 g/mol. The Morgan fingerprint density at radius 3 is 2.37 bits per heavy atom. The van der Waals surface area contributed by atoms with E-state index in [-0.39, 0.29) is 11.4 Å². The minimum Gasteiger partial charge on any atom is -0.325 e. The molecule has 0 aliphatic carbocycles. The molecular formula is C21H15F2N5OS. The number of benzene rings is 2. The topological polar surface area (TPSA) is 72.7 Å². The molecule has 1 N–H and O–H groups in total. The monoisotopic (exact) mass is 423 g/mol. The Labute approximate surface area is 175 Å². The number of nitrogens with zero attached hydrogens (tertiary/aromatic N) is 4. The molecule has 0 unspecified atom stereocenters. The van der Waals surface area contributed by atoms with Crippen molar-refractivity contribution in [2.24, 2.45) is 0 Å². The number of carbonyl (C=O) groups is 1. The molecule has 4 rings (SSSR count). The fraction of sp³-hybridized carbons (Fsp3) is 0.0476. The summed E-state index contributed by atoms with van der Waals surface area (Å²) in [7, 11) is 0. The largest absolute Gasteiger partial charge is 0.325 e. The molecule has 0 atom stereocenters. The van der Waals surface area contributed by atoms with Gasteiger partial charge in [-0.05, 0) is 36.4 Å². The first-order valence-electron chi connectivity index (χ1n) is 8.90. The van der Waals surface area contributed by atoms with Crippen molar-refractivity contribution in [2.45, 2.75) is 5.16 Å². The van der Waals surface area contributed by atoms with Gasteiger partial charge in [-0.2, -0.15) is 0 Å². The maximum absolute atomic E-state index is 13.3. The summed E-state index contributed by atoms with van der Waals surface area (Å²) in [6.07, 6.45) is 3.33. The Morgan fingerprint density at radius 2 is 1.67 bits per heavy atom. The number of para-hydroxylation sites is 1. The van der Waals surface area contributed by atoms with Crippen LogP contribution in [0.2, 0.25) is 0 Å². The highest BCUT2D eigenvalue weighted by Gasteiger charge is 2.17. The summed E-state index contributed by atoms with van der Waals surface area (Å²) in [5.74, 6) is -1.34. The van der Waals surface area contributed by atoms with E-state index in [0.717, 1.165) is 29.4 Å². The second-order valence-electron chi connectivity index (χ2n) is 6.21. The van der Waals surface area contributed by atoms with E-state index in [1.165, 1.54) is 11.8 Å². The first-order valence-corrected chi connectivity index (χ1v) is 9.89. The van der Waals surface area contributed by atoms with Gasteiger partial charge in [-0.1, -0.05) is 30.0 Å². The van der Waals surface area contributed by atoms with Gasteiger partial charge in [-0.3, -0.25) is 14.3 Å². The van der Waals surface area contributed by atoms with Gasteiger partial charge in [0.2, 0.25) is 5.91 Å². The molecule has 4 aromatic rings. The van der Waals surface area contributed by atoms with Crippen molar-refractivity contribution in [1.82, 2.24) is 19.7 Å². The minimum absolute atomic E-state index is 0.0144. The highest BCUT2D eigenvalue weighted by atomic mass is 32.2. The predicted octanol–water partition coefficient (Wildman–Crippen LogP) is 4.34. The molecule has 2 aromatic heterocycles. The highest BCUT2D eigenvalue weighted by Crippen LogP contribution is 2.27. The number of amides is 1. The van der Waals surface area contributed by atoms with Gasteiger partial charge in [0.1, 0.15) is 11.6 Å². The SMILES string of the molecule is O=C(CSc1nnc(-c2ccncc2)n1-c1ccccc1)Nc1cc(F)cc(F)c1. The van der Waals surface area contributed by atoms with Crippen LogP contribution in [-0.4, -0.2) is 31.4 Å². The molecule has 2 aromatic carbocycles. The molecule has 0 aliphatic rings. The lowest BCUT2D eigenvalue weighted by atomic mass is 10.2. The molecular weight excluding hydrogens is 408 g/mol. The van der Waals surface area contributed by atoms with E-state index in [0.29, 0.717) is 11.0 Å². The average Bonchev–Trinajstić information content (AvgIpc) is 3.17. The molecule has 0 bridgehead atoms. The summed E-state index contributed by atoms with van der Waals surface area (Å²) in [6.45, 7) is 0. The molecule has 0 radical (unpaired) electrons. The molecule has 0 saturated heterocycles. The molecule has 0 aliphatic heterocycles. The van der Waals surface area contributed by atoms with Crippen LogP contribution in [0.3, 0.4) is 0 Å². The van der Waals surface area contributed by atoms with Crippen LogP contribution in [0, 0.1) is 11.6 Å². The van der Waals surface area contributed by atoms with E-state index in [2.05, 4.69) is 20.5 Å². The molecule has 9 heteroatoms. The second-order valence-corrected chi connectivity index (χ2v) is 7.15. The van der Waals surface area contributed by atoms with Gasteiger partial charge in [0.25, 0.3) is 0 Å². The van der Waals surface area contributed by atoms with E-state index in [9.17, 15) is 13.6 Å². The van der Waals surface area contributed by atoms with Gasteiger partial charge < -0.3 is 5.32 Å². The fourth-order valence-corrected chi connectivity index (χ4v) is 3.57. The second kappa shape index (κ2) is 8.83. The molecule has 0 saturated carbocycles. The van der Waals surface area contributed by atoms with Crippen LogP contribution >= 0.6 is 11.8 Å². The summed E-state index contributed by atoms with van der Waals surface area (Å²) >= 11 is 1.17. The van der Waals surface area contributed by atoms with Gasteiger partial charge in [0, 0.05) is 35.4 Å². The molecule has 1 amide bonds. The number of hydrogen-bond acceptors (Lipinski definition) is 5. The lowest BCUT2D eigenvalue weighted by molar-refractivity contribution is -0.113. The normalized spacial score (nSPS) is 10.7. The smallest absolute Gasteiger partial charge is 0.234 e. The van der Waals surface area contributed by atoms with Gasteiger partial charge in [-0.15, -0.1) is 10.2 Å². The van der Waals surface area contributed by atoms with Crippen LogP contribution < -0.4 is 5.32 Å². The summed E-state index contributed by atoms with van der Waals surface area (Å²) < 4.78 is 28.5. The zero-order chi connectivity index (χ0) is 20.9. The predicted molar refractivity (Wildman–Crippen MR) is 110 cm³/mol. The van der Waals surface area contributed by atoms with Crippen molar-refractivity contribution in [3.05, 3.63) is 84.7 Å². The van der Waals surface area contributed by atoms with Gasteiger partial charge >= 0.3 is 0 Å². The molecule has 0 fully saturated rings. The van der Waals surface area contributed by atoms with Crippen LogP contribution in [0.1, 0.15) is 0 Å². The summed E-state index contributed by atoms with van der Waals surface area (Å²) in [5, 5.41) is 11.5. The summed E-state index contributed by atoms with van der Waals surface area (Å²) in [4.78, 5) is 16.3. The molecule has 2 heterocycles. The number of pyridine rings is 1. The lowest BCUT2D eigenvalue weighted by Crippen LogP contribution is -2.15. The maximum atomic E-state index is 13.3. The van der Waals surface area contributed by atoms with Crippen molar-refractivity contribution in [2.75, 3.05) is 11.1 Å². The molecule has 0 spiro atoms. The highest BCUT2D eigenvalue weighted by molar-refractivity contribution is 7.99. The van der Waals surface area contributed by atoms with Crippen LogP contribution in [0.25, 0.3) is 17.1 Å². The van der Waals surface area contributed by atoms with Crippen molar-refractivity contribution >= 4 is 23.4 Å². The maximum Gasteiger partial charge on any atom is 0.234 e. The van der Waals surface area contributed by atoms with Gasteiger partial charge in [0.05, 0.1) is 5.75 Å². The van der Waals surface area contributed by atoms with E-state index < -0.39 is 17.5 Å². The molecule has 30 heavy (non-hydrogen) atoms. The first kappa shape index (κ1) is 19.7. The third-order valence-corrected chi connectivity index (χ3v) is 4.99. The number of aromatic nitrogens is 4. The minimum atomic E-state index is -0.760. The number of rotatable bonds is 6. The Hall–Kier alpha value is -3.59. The zero-order valence-corrected chi connectivity index (χ0v) is 16.3. The quantitative estimate of drug-likeness (QED) is 0.467. The zero-order valence-electron chi connectivity index (χ0n) is 15.5. The third-order valence-electron chi connectivity index (χ3n) is 4.06. The van der Waals surface area contributed by atoms with E-state index in [1.54, 1.807) is 12.4 Å². The Kier molecular flexibility index (Phi) is 5.80. The fourth-order valence-electron chi connectivity index (χ4n) is 2.81. The van der Waals surface area contributed by atoms with Gasteiger partial charge in [-0.25, -0.2) is 8.78 Å². The Bertz CT molecular complexity index is 1150. The summed E-state index contributed by atoms with van der Waals surface area (Å²) in [6, 6.07) is 16.0. The van der Waals surface area contributed by atoms with Crippen molar-refractivity contribution in [3.63, 3.8) is 0 Å². The van der Waals surface area contributed by atoms with Crippen molar-refractivity contribution < 1.29 is 13.6 Å². The number of anilines is 1. The van der Waals surface area contributed by atoms with Crippen LogP contribution in [0.4, 0.5) is 14.5 Å². The Morgan fingerprint density at radius 1 is 0.967 bits per heavy atom. The summed E-state index contributed by atoms with van der Waals surface area (Å²) in [5.41, 5.74) is 1.72.